The fourth-order valence-corrected chi connectivity index (χ4v) is 3.93. The van der Waals surface area contributed by atoms with E-state index in [1.54, 1.807) is 7.11 Å². The Labute approximate surface area is 123 Å². The Morgan fingerprint density at radius 1 is 1.38 bits per heavy atom. The number of methoxy groups -OCH3 is 1. The van der Waals surface area contributed by atoms with Gasteiger partial charge < -0.3 is 15.6 Å². The van der Waals surface area contributed by atoms with Gasteiger partial charge in [-0.2, -0.15) is 4.31 Å². The summed E-state index contributed by atoms with van der Waals surface area (Å²) >= 11 is 0. The molecule has 0 unspecified atom stereocenters. The molecule has 1 fully saturated rings. The van der Waals surface area contributed by atoms with Crippen molar-refractivity contribution in [1.82, 2.24) is 4.31 Å². The number of nitrogen functional groups attached to an aromatic ring is 1. The molecule has 1 heterocycles. The largest absolute Gasteiger partial charge is 0.478 e. The minimum atomic E-state index is -3.71. The second kappa shape index (κ2) is 6.00. The highest BCUT2D eigenvalue weighted by atomic mass is 32.2. The summed E-state index contributed by atoms with van der Waals surface area (Å²) in [5.41, 5.74) is 5.62. The number of nitrogens with zero attached hydrogens (tertiary/aromatic N) is 1. The molecule has 0 radical (unpaired) electrons. The van der Waals surface area contributed by atoms with E-state index in [0.29, 0.717) is 25.9 Å². The first-order valence-corrected chi connectivity index (χ1v) is 7.96. The van der Waals surface area contributed by atoms with Crippen LogP contribution in [-0.4, -0.2) is 50.1 Å². The smallest absolute Gasteiger partial charge is 0.335 e. The number of nitrogens with two attached hydrogens (primary N) is 1. The van der Waals surface area contributed by atoms with Crippen molar-refractivity contribution in [3.05, 3.63) is 23.8 Å². The summed E-state index contributed by atoms with van der Waals surface area (Å²) in [6.45, 7) is 0.724. The average molecular weight is 314 g/mol. The Bertz CT molecular complexity index is 636. The Morgan fingerprint density at radius 2 is 2.00 bits per heavy atom. The highest BCUT2D eigenvalue weighted by molar-refractivity contribution is 7.89. The van der Waals surface area contributed by atoms with Crippen molar-refractivity contribution in [3.8, 4) is 0 Å². The van der Waals surface area contributed by atoms with Gasteiger partial charge in [0.2, 0.25) is 10.0 Å². The maximum absolute atomic E-state index is 12.5. The van der Waals surface area contributed by atoms with Gasteiger partial charge in [-0.05, 0) is 31.0 Å². The van der Waals surface area contributed by atoms with Gasteiger partial charge in [0.05, 0.1) is 17.4 Å². The fourth-order valence-electron chi connectivity index (χ4n) is 2.36. The van der Waals surface area contributed by atoms with Crippen LogP contribution in [0.25, 0.3) is 0 Å². The van der Waals surface area contributed by atoms with Gasteiger partial charge in [0.1, 0.15) is 4.90 Å². The van der Waals surface area contributed by atoms with Crippen molar-refractivity contribution in [3.63, 3.8) is 0 Å². The summed E-state index contributed by atoms with van der Waals surface area (Å²) in [5, 5.41) is 8.88. The van der Waals surface area contributed by atoms with Crippen molar-refractivity contribution >= 4 is 21.7 Å². The molecule has 0 spiro atoms. The number of sulfonamides is 1. The molecule has 0 aromatic heterocycles. The van der Waals surface area contributed by atoms with Gasteiger partial charge in [-0.1, -0.05) is 0 Å². The zero-order valence-corrected chi connectivity index (χ0v) is 12.5. The second-order valence-electron chi connectivity index (χ2n) is 4.90. The van der Waals surface area contributed by atoms with Crippen LogP contribution in [0.5, 0.6) is 0 Å². The van der Waals surface area contributed by atoms with E-state index in [0.717, 1.165) is 6.07 Å². The Hall–Kier alpha value is -1.64. The standard InChI is InChI=1S/C13H18N2O5S/c1-20-10-4-6-15(7-5-10)21(18,19)12-3-2-9(13(16)17)8-11(12)14/h2-3,8,10H,4-7,14H2,1H3,(H,16,17). The zero-order chi connectivity index (χ0) is 15.6. The van der Waals surface area contributed by atoms with Gasteiger partial charge in [0, 0.05) is 20.2 Å². The van der Waals surface area contributed by atoms with Crippen molar-refractivity contribution < 1.29 is 23.1 Å². The molecule has 2 rings (SSSR count). The van der Waals surface area contributed by atoms with E-state index in [9.17, 15) is 13.2 Å². The Balaban J connectivity index is 2.26. The molecule has 3 N–H and O–H groups in total. The third-order valence-electron chi connectivity index (χ3n) is 3.61. The van der Waals surface area contributed by atoms with Crippen LogP contribution >= 0.6 is 0 Å². The highest BCUT2D eigenvalue weighted by Gasteiger charge is 2.30. The predicted molar refractivity (Wildman–Crippen MR) is 76.6 cm³/mol. The maximum atomic E-state index is 12.5. The number of piperidine rings is 1. The van der Waals surface area contributed by atoms with E-state index in [2.05, 4.69) is 0 Å². The molecule has 21 heavy (non-hydrogen) atoms. The normalized spacial score (nSPS) is 17.8. The number of hydrogen-bond acceptors (Lipinski definition) is 5. The molecule has 8 heteroatoms. The lowest BCUT2D eigenvalue weighted by Crippen LogP contribution is -2.40. The number of carbonyl (C=O) groups is 1. The summed E-state index contributed by atoms with van der Waals surface area (Å²) in [5.74, 6) is -1.15. The molecular formula is C13H18N2O5S. The highest BCUT2D eigenvalue weighted by Crippen LogP contribution is 2.26. The lowest BCUT2D eigenvalue weighted by atomic mass is 10.1. The van der Waals surface area contributed by atoms with Gasteiger partial charge in [-0.15, -0.1) is 0 Å². The number of ether oxygens (including phenoxy) is 1. The molecular weight excluding hydrogens is 296 g/mol. The molecule has 1 aliphatic rings. The first-order valence-electron chi connectivity index (χ1n) is 6.52. The first kappa shape index (κ1) is 15.7. The molecule has 0 atom stereocenters. The van der Waals surface area contributed by atoms with Crippen LogP contribution in [0.15, 0.2) is 23.1 Å². The van der Waals surface area contributed by atoms with Crippen LogP contribution in [-0.2, 0) is 14.8 Å². The van der Waals surface area contributed by atoms with Crippen LogP contribution in [0.3, 0.4) is 0 Å². The number of anilines is 1. The number of carboxylic acids is 1. The quantitative estimate of drug-likeness (QED) is 0.794. The Morgan fingerprint density at radius 3 is 2.48 bits per heavy atom. The summed E-state index contributed by atoms with van der Waals surface area (Å²) < 4.78 is 31.7. The first-order chi connectivity index (χ1) is 9.86. The number of benzene rings is 1. The summed E-state index contributed by atoms with van der Waals surface area (Å²) in [6, 6.07) is 3.65. The van der Waals surface area contributed by atoms with Gasteiger partial charge >= 0.3 is 5.97 Å². The van der Waals surface area contributed by atoms with Crippen LogP contribution < -0.4 is 5.73 Å². The SMILES string of the molecule is COC1CCN(S(=O)(=O)c2ccc(C(=O)O)cc2N)CC1. The van der Waals surface area contributed by atoms with Gasteiger partial charge in [-0.25, -0.2) is 13.2 Å². The van der Waals surface area contributed by atoms with E-state index in [1.165, 1.54) is 16.4 Å². The molecule has 0 aliphatic carbocycles. The molecule has 7 nitrogen and oxygen atoms in total. The molecule has 0 amide bonds. The maximum Gasteiger partial charge on any atom is 0.335 e. The van der Waals surface area contributed by atoms with Crippen LogP contribution in [0.2, 0.25) is 0 Å². The molecule has 0 bridgehead atoms. The minimum absolute atomic E-state index is 0.0375. The van der Waals surface area contributed by atoms with E-state index in [-0.39, 0.29) is 22.3 Å². The Kier molecular flexibility index (Phi) is 4.50. The fraction of sp³-hybridized carbons (Fsp3) is 0.462. The van der Waals surface area contributed by atoms with Crippen LogP contribution in [0.1, 0.15) is 23.2 Å². The zero-order valence-electron chi connectivity index (χ0n) is 11.7. The summed E-state index contributed by atoms with van der Waals surface area (Å²) in [6.07, 6.45) is 1.33. The molecule has 116 valence electrons. The number of aromatic carboxylic acids is 1. The van der Waals surface area contributed by atoms with E-state index in [1.807, 2.05) is 0 Å². The summed E-state index contributed by atoms with van der Waals surface area (Å²) in [7, 11) is -2.10. The molecule has 1 aromatic rings. The van der Waals surface area contributed by atoms with E-state index in [4.69, 9.17) is 15.6 Å². The lowest BCUT2D eigenvalue weighted by Gasteiger charge is -2.30. The predicted octanol–water partition coefficient (Wildman–Crippen LogP) is 0.766. The van der Waals surface area contributed by atoms with E-state index < -0.39 is 16.0 Å². The molecule has 1 saturated heterocycles. The number of rotatable bonds is 4. The number of hydrogen-bond donors (Lipinski definition) is 2. The monoisotopic (exact) mass is 314 g/mol. The lowest BCUT2D eigenvalue weighted by molar-refractivity contribution is 0.0604. The third kappa shape index (κ3) is 3.17. The molecule has 1 aliphatic heterocycles. The molecule has 0 saturated carbocycles. The molecule has 1 aromatic carbocycles. The van der Waals surface area contributed by atoms with Gasteiger partial charge in [0.15, 0.2) is 0 Å². The summed E-state index contributed by atoms with van der Waals surface area (Å²) in [4.78, 5) is 10.8. The van der Waals surface area contributed by atoms with Crippen LogP contribution in [0.4, 0.5) is 5.69 Å². The van der Waals surface area contributed by atoms with Gasteiger partial charge in [0.25, 0.3) is 0 Å². The van der Waals surface area contributed by atoms with E-state index >= 15 is 0 Å². The minimum Gasteiger partial charge on any atom is -0.478 e. The van der Waals surface area contributed by atoms with Crippen LogP contribution in [0, 0.1) is 0 Å². The third-order valence-corrected chi connectivity index (χ3v) is 5.58. The van der Waals surface area contributed by atoms with Crippen molar-refractivity contribution in [1.29, 1.82) is 0 Å². The average Bonchev–Trinajstić information content (AvgIpc) is 2.46. The second-order valence-corrected chi connectivity index (χ2v) is 6.80. The van der Waals surface area contributed by atoms with Crippen molar-refractivity contribution in [2.75, 3.05) is 25.9 Å². The number of carboxylic acid groups (broad SMARTS) is 1. The van der Waals surface area contributed by atoms with Gasteiger partial charge in [-0.3, -0.25) is 0 Å². The van der Waals surface area contributed by atoms with Crippen molar-refractivity contribution in [2.45, 2.75) is 23.8 Å². The topological polar surface area (TPSA) is 110 Å². The van der Waals surface area contributed by atoms with Crippen molar-refractivity contribution in [2.24, 2.45) is 0 Å².